The van der Waals surface area contributed by atoms with Crippen LogP contribution in [0.15, 0.2) is 36.5 Å². The molecule has 1 aromatic carbocycles. The van der Waals surface area contributed by atoms with Crippen molar-refractivity contribution in [3.05, 3.63) is 42.1 Å². The highest BCUT2D eigenvalue weighted by molar-refractivity contribution is 5.81. The van der Waals surface area contributed by atoms with E-state index < -0.39 is 0 Å². The SMILES string of the molecule is CN1CCN(CCCc2ccnc3ccccc23)CC1. The Labute approximate surface area is 121 Å². The first-order valence-electron chi connectivity index (χ1n) is 7.56. The van der Waals surface area contributed by atoms with Crippen LogP contribution in [0.4, 0.5) is 0 Å². The lowest BCUT2D eigenvalue weighted by atomic mass is 10.0. The molecule has 2 aromatic rings. The summed E-state index contributed by atoms with van der Waals surface area (Å²) in [5.41, 5.74) is 2.55. The third-order valence-electron chi connectivity index (χ3n) is 4.26. The Hall–Kier alpha value is -1.45. The quantitative estimate of drug-likeness (QED) is 0.850. The maximum Gasteiger partial charge on any atom is 0.0704 e. The molecule has 2 heterocycles. The molecule has 0 aliphatic carbocycles. The van der Waals surface area contributed by atoms with Crippen molar-refractivity contribution in [1.82, 2.24) is 14.8 Å². The molecular formula is C17H23N3. The molecule has 0 N–H and O–H groups in total. The van der Waals surface area contributed by atoms with E-state index in [9.17, 15) is 0 Å². The minimum absolute atomic E-state index is 1.12. The van der Waals surface area contributed by atoms with Gasteiger partial charge in [-0.25, -0.2) is 0 Å². The van der Waals surface area contributed by atoms with Crippen molar-refractivity contribution in [2.45, 2.75) is 12.8 Å². The second-order valence-electron chi connectivity index (χ2n) is 5.74. The van der Waals surface area contributed by atoms with Gasteiger partial charge in [-0.3, -0.25) is 4.98 Å². The van der Waals surface area contributed by atoms with Crippen molar-refractivity contribution in [1.29, 1.82) is 0 Å². The summed E-state index contributed by atoms with van der Waals surface area (Å²) in [6.07, 6.45) is 4.32. The van der Waals surface area contributed by atoms with Gasteiger partial charge in [0.15, 0.2) is 0 Å². The Morgan fingerprint density at radius 3 is 2.70 bits per heavy atom. The number of likely N-dealkylation sites (N-methyl/N-ethyl adjacent to an activating group) is 1. The van der Waals surface area contributed by atoms with Gasteiger partial charge in [0.05, 0.1) is 5.52 Å². The molecule has 1 aromatic heterocycles. The second kappa shape index (κ2) is 6.33. The maximum absolute atomic E-state index is 4.43. The fourth-order valence-corrected chi connectivity index (χ4v) is 2.94. The van der Waals surface area contributed by atoms with Gasteiger partial charge >= 0.3 is 0 Å². The summed E-state index contributed by atoms with van der Waals surface area (Å²) >= 11 is 0. The van der Waals surface area contributed by atoms with Crippen LogP contribution in [0.1, 0.15) is 12.0 Å². The summed E-state index contributed by atoms with van der Waals surface area (Å²) in [5.74, 6) is 0. The molecule has 1 aliphatic rings. The first kappa shape index (κ1) is 13.5. The Morgan fingerprint density at radius 2 is 1.85 bits per heavy atom. The van der Waals surface area contributed by atoms with E-state index in [0.717, 1.165) is 11.9 Å². The fourth-order valence-electron chi connectivity index (χ4n) is 2.94. The lowest BCUT2D eigenvalue weighted by molar-refractivity contribution is 0.153. The molecule has 3 heteroatoms. The molecule has 0 amide bonds. The van der Waals surface area contributed by atoms with E-state index >= 15 is 0 Å². The van der Waals surface area contributed by atoms with Crippen molar-refractivity contribution in [3.63, 3.8) is 0 Å². The Kier molecular flexibility index (Phi) is 4.28. The summed E-state index contributed by atoms with van der Waals surface area (Å²) in [4.78, 5) is 9.43. The average Bonchev–Trinajstić information content (AvgIpc) is 2.49. The normalized spacial score (nSPS) is 17.6. The monoisotopic (exact) mass is 269 g/mol. The third-order valence-corrected chi connectivity index (χ3v) is 4.26. The second-order valence-corrected chi connectivity index (χ2v) is 5.74. The molecule has 0 radical (unpaired) electrons. The van der Waals surface area contributed by atoms with Crippen LogP contribution in [-0.2, 0) is 6.42 Å². The Bertz CT molecular complexity index is 554. The molecule has 1 fully saturated rings. The van der Waals surface area contributed by atoms with E-state index in [1.54, 1.807) is 0 Å². The standard InChI is InChI=1S/C17H23N3/c1-19-11-13-20(14-12-19)10-4-5-15-8-9-18-17-7-3-2-6-16(15)17/h2-3,6-9H,4-5,10-14H2,1H3. The Balaban J connectivity index is 1.57. The van der Waals surface area contributed by atoms with Gasteiger partial charge in [0.25, 0.3) is 0 Å². The number of nitrogens with zero attached hydrogens (tertiary/aromatic N) is 3. The Morgan fingerprint density at radius 1 is 1.05 bits per heavy atom. The number of benzene rings is 1. The third kappa shape index (κ3) is 3.17. The van der Waals surface area contributed by atoms with Crippen molar-refractivity contribution >= 4 is 10.9 Å². The predicted octanol–water partition coefficient (Wildman–Crippen LogP) is 2.41. The van der Waals surface area contributed by atoms with Gasteiger partial charge in [-0.15, -0.1) is 0 Å². The first-order valence-corrected chi connectivity index (χ1v) is 7.56. The van der Waals surface area contributed by atoms with E-state index in [1.165, 1.54) is 50.1 Å². The van der Waals surface area contributed by atoms with Gasteiger partial charge < -0.3 is 9.80 Å². The summed E-state index contributed by atoms with van der Waals surface area (Å²) < 4.78 is 0. The smallest absolute Gasteiger partial charge is 0.0704 e. The van der Waals surface area contributed by atoms with E-state index in [0.29, 0.717) is 0 Å². The van der Waals surface area contributed by atoms with Crippen LogP contribution in [0.2, 0.25) is 0 Å². The van der Waals surface area contributed by atoms with E-state index in [2.05, 4.69) is 52.2 Å². The van der Waals surface area contributed by atoms with Crippen molar-refractivity contribution in [2.75, 3.05) is 39.8 Å². The molecule has 3 rings (SSSR count). The fraction of sp³-hybridized carbons (Fsp3) is 0.471. The summed E-state index contributed by atoms with van der Waals surface area (Å²) in [5, 5.41) is 1.31. The number of para-hydroxylation sites is 1. The van der Waals surface area contributed by atoms with Crippen LogP contribution < -0.4 is 0 Å². The van der Waals surface area contributed by atoms with E-state index in [-0.39, 0.29) is 0 Å². The largest absolute Gasteiger partial charge is 0.304 e. The number of hydrogen-bond acceptors (Lipinski definition) is 3. The minimum Gasteiger partial charge on any atom is -0.304 e. The van der Waals surface area contributed by atoms with Gasteiger partial charge in [-0.05, 0) is 44.1 Å². The van der Waals surface area contributed by atoms with Crippen LogP contribution in [0.3, 0.4) is 0 Å². The van der Waals surface area contributed by atoms with Crippen LogP contribution in [0, 0.1) is 0 Å². The number of aryl methyl sites for hydroxylation is 1. The maximum atomic E-state index is 4.43. The number of pyridine rings is 1. The lowest BCUT2D eigenvalue weighted by Gasteiger charge is -2.32. The molecule has 0 unspecified atom stereocenters. The first-order chi connectivity index (χ1) is 9.83. The van der Waals surface area contributed by atoms with Gasteiger partial charge in [0, 0.05) is 37.8 Å². The topological polar surface area (TPSA) is 19.4 Å². The highest BCUT2D eigenvalue weighted by Gasteiger charge is 2.13. The number of rotatable bonds is 4. The minimum atomic E-state index is 1.12. The predicted molar refractivity (Wildman–Crippen MR) is 84.0 cm³/mol. The van der Waals surface area contributed by atoms with E-state index in [4.69, 9.17) is 0 Å². The number of piperazine rings is 1. The molecule has 1 aliphatic heterocycles. The van der Waals surface area contributed by atoms with Crippen LogP contribution in [0.25, 0.3) is 10.9 Å². The number of hydrogen-bond donors (Lipinski definition) is 0. The van der Waals surface area contributed by atoms with E-state index in [1.807, 2.05) is 6.20 Å². The molecule has 1 saturated heterocycles. The van der Waals surface area contributed by atoms with Gasteiger partial charge in [0.1, 0.15) is 0 Å². The molecule has 0 atom stereocenters. The number of aromatic nitrogens is 1. The van der Waals surface area contributed by atoms with Crippen molar-refractivity contribution in [2.24, 2.45) is 0 Å². The molecule has 106 valence electrons. The molecule has 0 saturated carbocycles. The molecule has 20 heavy (non-hydrogen) atoms. The summed E-state index contributed by atoms with van der Waals surface area (Å²) in [6, 6.07) is 10.6. The summed E-state index contributed by atoms with van der Waals surface area (Å²) in [6.45, 7) is 6.06. The highest BCUT2D eigenvalue weighted by Crippen LogP contribution is 2.17. The van der Waals surface area contributed by atoms with Gasteiger partial charge in [-0.1, -0.05) is 18.2 Å². The van der Waals surface area contributed by atoms with Crippen LogP contribution in [0.5, 0.6) is 0 Å². The lowest BCUT2D eigenvalue weighted by Crippen LogP contribution is -2.44. The van der Waals surface area contributed by atoms with Gasteiger partial charge in [-0.2, -0.15) is 0 Å². The molecule has 3 nitrogen and oxygen atoms in total. The molecular weight excluding hydrogens is 246 g/mol. The van der Waals surface area contributed by atoms with Crippen molar-refractivity contribution in [3.8, 4) is 0 Å². The van der Waals surface area contributed by atoms with Crippen LogP contribution >= 0.6 is 0 Å². The molecule has 0 bridgehead atoms. The van der Waals surface area contributed by atoms with Crippen LogP contribution in [-0.4, -0.2) is 54.6 Å². The number of fused-ring (bicyclic) bond motifs is 1. The summed E-state index contributed by atoms with van der Waals surface area (Å²) in [7, 11) is 2.21. The molecule has 0 spiro atoms. The van der Waals surface area contributed by atoms with Crippen molar-refractivity contribution < 1.29 is 0 Å². The average molecular weight is 269 g/mol. The zero-order chi connectivity index (χ0) is 13.8. The van der Waals surface area contributed by atoms with Gasteiger partial charge in [0.2, 0.25) is 0 Å². The zero-order valence-electron chi connectivity index (χ0n) is 12.3. The zero-order valence-corrected chi connectivity index (χ0v) is 12.3. The highest BCUT2D eigenvalue weighted by atomic mass is 15.2.